The van der Waals surface area contributed by atoms with Gasteiger partial charge in [-0.25, -0.2) is 0 Å². The average Bonchev–Trinajstić information content (AvgIpc) is 4.44. The molecule has 0 spiro atoms. The topological polar surface area (TPSA) is 45.4 Å². The van der Waals surface area contributed by atoms with E-state index >= 15 is 0 Å². The highest BCUT2D eigenvalue weighted by atomic mass is 16.4. The largest absolute Gasteiger partial charge is 0.425 e. The summed E-state index contributed by atoms with van der Waals surface area (Å²) in [5.74, 6) is 18.7. The summed E-state index contributed by atoms with van der Waals surface area (Å²) in [6.45, 7) is 22.0. The van der Waals surface area contributed by atoms with Gasteiger partial charge in [0, 0.05) is 48.1 Å². The number of rotatable bonds is 8. The van der Waals surface area contributed by atoms with Crippen molar-refractivity contribution < 1.29 is 4.42 Å². The second kappa shape index (κ2) is 20.9. The summed E-state index contributed by atoms with van der Waals surface area (Å²) in [6.07, 6.45) is 52.5. The first-order valence-electron chi connectivity index (χ1n) is 36.6. The van der Waals surface area contributed by atoms with E-state index in [1.807, 2.05) is 0 Å². The SMILES string of the molecule is CC1(C)C2CCCCC2C2CCC(N(C3CCC(c4nnc(C5CCC(N(C6CCC7C8CCCCC8C(C)(C)C7C6)C6CCC7C8CCCCC8C(C)(C)C7C6)CC5)o4)CC3)C3CCC4C5CCCCC5C(C)(C)C4C3)CC21. The van der Waals surface area contributed by atoms with Crippen LogP contribution in [0.4, 0.5) is 0 Å². The van der Waals surface area contributed by atoms with E-state index in [4.69, 9.17) is 14.6 Å². The van der Waals surface area contributed by atoms with Crippen LogP contribution in [0, 0.1) is 116 Å². The third-order valence-electron chi connectivity index (χ3n) is 31.7. The van der Waals surface area contributed by atoms with Gasteiger partial charge in [-0.05, 0) is 296 Å². The van der Waals surface area contributed by atoms with Gasteiger partial charge in [0.05, 0.1) is 0 Å². The summed E-state index contributed by atoms with van der Waals surface area (Å²) >= 11 is 0. The third-order valence-corrected chi connectivity index (χ3v) is 31.7. The maximum Gasteiger partial charge on any atom is 0.219 e. The minimum atomic E-state index is 0.448. The van der Waals surface area contributed by atoms with Crippen LogP contribution >= 0.6 is 0 Å². The van der Waals surface area contributed by atoms with Gasteiger partial charge in [-0.3, -0.25) is 9.80 Å². The molecular formula is C74H120N4O. The summed E-state index contributed by atoms with van der Waals surface area (Å²) in [6, 6.07) is 4.63. The van der Waals surface area contributed by atoms with Gasteiger partial charge in [0.1, 0.15) is 0 Å². The molecule has 14 aliphatic carbocycles. The first-order valence-corrected chi connectivity index (χ1v) is 36.6. The molecule has 0 aliphatic heterocycles. The lowest BCUT2D eigenvalue weighted by Crippen LogP contribution is -2.55. The zero-order valence-electron chi connectivity index (χ0n) is 52.5. The van der Waals surface area contributed by atoms with Crippen LogP contribution in [0.1, 0.15) is 310 Å². The van der Waals surface area contributed by atoms with E-state index in [-0.39, 0.29) is 0 Å². The molecule has 0 N–H and O–H groups in total. The van der Waals surface area contributed by atoms with Crippen LogP contribution < -0.4 is 0 Å². The van der Waals surface area contributed by atoms with E-state index in [1.165, 1.54) is 231 Å². The molecule has 0 saturated heterocycles. The molecule has 15 rings (SSSR count). The molecule has 1 aromatic heterocycles. The van der Waals surface area contributed by atoms with Crippen molar-refractivity contribution >= 4 is 0 Å². The van der Waals surface area contributed by atoms with E-state index < -0.39 is 0 Å². The van der Waals surface area contributed by atoms with Crippen molar-refractivity contribution in [2.24, 2.45) is 116 Å². The molecule has 5 heteroatoms. The number of fused-ring (bicyclic) bond motifs is 12. The monoisotopic (exact) mass is 1080 g/mol. The molecule has 442 valence electrons. The van der Waals surface area contributed by atoms with Crippen molar-refractivity contribution in [3.8, 4) is 0 Å². The van der Waals surface area contributed by atoms with Crippen LogP contribution in [0.5, 0.6) is 0 Å². The zero-order chi connectivity index (χ0) is 53.7. The Morgan fingerprint density at radius 3 is 0.759 bits per heavy atom. The van der Waals surface area contributed by atoms with Crippen molar-refractivity contribution in [3.05, 3.63) is 11.8 Å². The van der Waals surface area contributed by atoms with Crippen LogP contribution in [0.3, 0.4) is 0 Å². The summed E-state index contributed by atoms with van der Waals surface area (Å²) in [7, 11) is 0. The summed E-state index contributed by atoms with van der Waals surface area (Å²) in [4.78, 5) is 6.72. The zero-order valence-corrected chi connectivity index (χ0v) is 52.5. The van der Waals surface area contributed by atoms with Gasteiger partial charge in [-0.1, -0.05) is 107 Å². The first kappa shape index (κ1) is 54.7. The number of nitrogens with zero attached hydrogens (tertiary/aromatic N) is 4. The van der Waals surface area contributed by atoms with E-state index in [0.29, 0.717) is 33.5 Å². The Labute approximate surface area is 484 Å². The molecule has 14 aliphatic rings. The molecule has 20 atom stereocenters. The molecule has 14 fully saturated rings. The number of aromatic nitrogens is 2. The van der Waals surface area contributed by atoms with Crippen LogP contribution in [-0.4, -0.2) is 56.2 Å². The highest BCUT2D eigenvalue weighted by molar-refractivity contribution is 5.14. The molecule has 1 aromatic rings. The van der Waals surface area contributed by atoms with Crippen molar-refractivity contribution in [1.29, 1.82) is 0 Å². The highest BCUT2D eigenvalue weighted by Gasteiger charge is 2.63. The summed E-state index contributed by atoms with van der Waals surface area (Å²) in [5, 5.41) is 10.1. The van der Waals surface area contributed by atoms with Crippen molar-refractivity contribution in [2.75, 3.05) is 0 Å². The molecule has 1 heterocycles. The Hall–Kier alpha value is -0.940. The fourth-order valence-corrected chi connectivity index (χ4v) is 28.3. The molecule has 20 unspecified atom stereocenters. The average molecular weight is 1080 g/mol. The lowest BCUT2D eigenvalue weighted by Gasteiger charge is -2.53. The molecule has 0 bridgehead atoms. The van der Waals surface area contributed by atoms with Gasteiger partial charge in [0.25, 0.3) is 0 Å². The van der Waals surface area contributed by atoms with Crippen LogP contribution in [0.2, 0.25) is 0 Å². The Kier molecular flexibility index (Phi) is 14.5. The first-order chi connectivity index (χ1) is 38.2. The standard InChI is InChI=1S/C74H120N4O/c1-71(2)61-21-13-9-17-53(61)57-37-33-49(41-65(57)71)77(50-34-38-58-54-18-10-14-22-62(54)72(3,4)66(58)42-50)47-29-25-45(26-30-47)69-75-76-70(79-69)46-27-31-48(32-28-46)78(51-35-39-59-55-19-11-15-23-63(55)73(5,6)67(59)43-51)52-36-40-60-56-20-12-16-24-64(56)74(7,8)68(60)44-52/h45-68H,9-44H2,1-8H3. The molecule has 79 heavy (non-hydrogen) atoms. The maximum absolute atomic E-state index is 7.04. The lowest BCUT2D eigenvalue weighted by molar-refractivity contribution is -0.0350. The normalized spacial score (nSPS) is 50.4. The van der Waals surface area contributed by atoms with E-state index in [2.05, 4.69) is 65.2 Å². The third kappa shape index (κ3) is 8.97. The minimum absolute atomic E-state index is 0.448. The number of hydrogen-bond donors (Lipinski definition) is 0. The van der Waals surface area contributed by atoms with Gasteiger partial charge < -0.3 is 4.42 Å². The Morgan fingerprint density at radius 1 is 0.266 bits per heavy atom. The summed E-state index contributed by atoms with van der Waals surface area (Å²) < 4.78 is 7.04. The Bertz CT molecular complexity index is 2010. The van der Waals surface area contributed by atoms with Gasteiger partial charge >= 0.3 is 0 Å². The molecule has 14 saturated carbocycles. The van der Waals surface area contributed by atoms with Crippen molar-refractivity contribution in [1.82, 2.24) is 20.0 Å². The smallest absolute Gasteiger partial charge is 0.219 e. The fraction of sp³-hybridized carbons (Fsp3) is 0.973. The van der Waals surface area contributed by atoms with Gasteiger partial charge in [0.2, 0.25) is 11.8 Å². The predicted molar refractivity (Wildman–Crippen MR) is 323 cm³/mol. The van der Waals surface area contributed by atoms with Gasteiger partial charge in [-0.15, -0.1) is 10.2 Å². The minimum Gasteiger partial charge on any atom is -0.425 e. The summed E-state index contributed by atoms with van der Waals surface area (Å²) in [5.41, 5.74) is 2.07. The second-order valence-corrected chi connectivity index (χ2v) is 35.3. The molecule has 5 nitrogen and oxygen atoms in total. The molecular weight excluding hydrogens is 961 g/mol. The van der Waals surface area contributed by atoms with Crippen LogP contribution in [0.15, 0.2) is 4.42 Å². The lowest BCUT2D eigenvalue weighted by atomic mass is 9.65. The number of hydrogen-bond acceptors (Lipinski definition) is 5. The van der Waals surface area contributed by atoms with Gasteiger partial charge in [0.15, 0.2) is 0 Å². The maximum atomic E-state index is 7.04. The molecule has 0 aromatic carbocycles. The van der Waals surface area contributed by atoms with E-state index in [0.717, 1.165) is 143 Å². The second-order valence-electron chi connectivity index (χ2n) is 35.3. The van der Waals surface area contributed by atoms with Crippen LogP contribution in [0.25, 0.3) is 0 Å². The fourth-order valence-electron chi connectivity index (χ4n) is 28.3. The van der Waals surface area contributed by atoms with Crippen molar-refractivity contribution in [2.45, 2.75) is 335 Å². The highest BCUT2D eigenvalue weighted by Crippen LogP contribution is 2.69. The Balaban J connectivity index is 0.632. The van der Waals surface area contributed by atoms with Gasteiger partial charge in [-0.2, -0.15) is 0 Å². The molecule has 0 radical (unpaired) electrons. The van der Waals surface area contributed by atoms with E-state index in [1.54, 1.807) is 0 Å². The van der Waals surface area contributed by atoms with Crippen LogP contribution in [-0.2, 0) is 0 Å². The Morgan fingerprint density at radius 2 is 0.494 bits per heavy atom. The predicted octanol–water partition coefficient (Wildman–Crippen LogP) is 19.3. The molecule has 0 amide bonds. The van der Waals surface area contributed by atoms with Crippen molar-refractivity contribution in [3.63, 3.8) is 0 Å². The quantitative estimate of drug-likeness (QED) is 0.260. The van der Waals surface area contributed by atoms with E-state index in [9.17, 15) is 0 Å².